The quantitative estimate of drug-likeness (QED) is 0.596. The van der Waals surface area contributed by atoms with Crippen molar-refractivity contribution in [2.24, 2.45) is 11.8 Å². The standard InChI is InChI=1S/C10H20O2/c1-5-9(4)7-12-10(11)6-8(2)3/h8-9H,5-7H2,1-4H3/t9-/m1/s1. The van der Waals surface area contributed by atoms with E-state index >= 15 is 0 Å². The predicted octanol–water partition coefficient (Wildman–Crippen LogP) is 2.62. The molecule has 0 aromatic rings. The summed E-state index contributed by atoms with van der Waals surface area (Å²) in [5.74, 6) is 0.820. The van der Waals surface area contributed by atoms with E-state index in [1.54, 1.807) is 0 Å². The van der Waals surface area contributed by atoms with Gasteiger partial charge in [0.2, 0.25) is 0 Å². The van der Waals surface area contributed by atoms with E-state index in [-0.39, 0.29) is 5.97 Å². The number of carbonyl (C=O) groups is 1. The van der Waals surface area contributed by atoms with Crippen molar-refractivity contribution in [3.8, 4) is 0 Å². The number of rotatable bonds is 5. The van der Waals surface area contributed by atoms with Gasteiger partial charge in [-0.3, -0.25) is 4.79 Å². The molecular formula is C10H20O2. The van der Waals surface area contributed by atoms with Gasteiger partial charge in [-0.15, -0.1) is 0 Å². The van der Waals surface area contributed by atoms with Gasteiger partial charge < -0.3 is 4.74 Å². The third-order valence-corrected chi connectivity index (χ3v) is 1.80. The minimum atomic E-state index is -0.0645. The Hall–Kier alpha value is -0.530. The zero-order chi connectivity index (χ0) is 9.56. The molecule has 2 nitrogen and oxygen atoms in total. The van der Waals surface area contributed by atoms with Crippen molar-refractivity contribution < 1.29 is 9.53 Å². The summed E-state index contributed by atoms with van der Waals surface area (Å²) in [5.41, 5.74) is 0. The Balaban J connectivity index is 3.44. The van der Waals surface area contributed by atoms with E-state index in [1.165, 1.54) is 0 Å². The highest BCUT2D eigenvalue weighted by molar-refractivity contribution is 5.69. The molecule has 0 aliphatic carbocycles. The van der Waals surface area contributed by atoms with Gasteiger partial charge in [-0.05, 0) is 11.8 Å². The second kappa shape index (κ2) is 6.04. The summed E-state index contributed by atoms with van der Waals surface area (Å²) in [7, 11) is 0. The van der Waals surface area contributed by atoms with Gasteiger partial charge in [0.1, 0.15) is 0 Å². The molecule has 0 spiro atoms. The molecule has 0 bridgehead atoms. The van der Waals surface area contributed by atoms with Crippen LogP contribution in [0.15, 0.2) is 0 Å². The number of carbonyl (C=O) groups excluding carboxylic acids is 1. The van der Waals surface area contributed by atoms with E-state index < -0.39 is 0 Å². The van der Waals surface area contributed by atoms with Crippen LogP contribution >= 0.6 is 0 Å². The van der Waals surface area contributed by atoms with E-state index in [0.29, 0.717) is 24.9 Å². The van der Waals surface area contributed by atoms with Crippen LogP contribution in [0.2, 0.25) is 0 Å². The maximum atomic E-state index is 11.1. The molecule has 0 aliphatic heterocycles. The lowest BCUT2D eigenvalue weighted by Crippen LogP contribution is -2.12. The molecule has 0 N–H and O–H groups in total. The number of ether oxygens (including phenoxy) is 1. The van der Waals surface area contributed by atoms with E-state index in [0.717, 1.165) is 6.42 Å². The predicted molar refractivity (Wildman–Crippen MR) is 49.9 cm³/mol. The third kappa shape index (κ3) is 6.20. The van der Waals surface area contributed by atoms with Crippen molar-refractivity contribution in [3.05, 3.63) is 0 Å². The first-order valence-electron chi connectivity index (χ1n) is 4.71. The Morgan fingerprint density at radius 1 is 1.33 bits per heavy atom. The van der Waals surface area contributed by atoms with Crippen molar-refractivity contribution in [3.63, 3.8) is 0 Å². The minimum Gasteiger partial charge on any atom is -0.465 e. The van der Waals surface area contributed by atoms with Crippen molar-refractivity contribution in [2.45, 2.75) is 40.5 Å². The number of esters is 1. The van der Waals surface area contributed by atoms with E-state index in [2.05, 4.69) is 13.8 Å². The van der Waals surface area contributed by atoms with E-state index in [9.17, 15) is 4.79 Å². The largest absolute Gasteiger partial charge is 0.465 e. The first-order valence-corrected chi connectivity index (χ1v) is 4.71. The summed E-state index contributed by atoms with van der Waals surface area (Å²) >= 11 is 0. The molecule has 0 aromatic heterocycles. The molecule has 72 valence electrons. The molecular weight excluding hydrogens is 152 g/mol. The third-order valence-electron chi connectivity index (χ3n) is 1.80. The summed E-state index contributed by atoms with van der Waals surface area (Å²) in [4.78, 5) is 11.1. The lowest BCUT2D eigenvalue weighted by Gasteiger charge is -2.10. The highest BCUT2D eigenvalue weighted by Gasteiger charge is 2.07. The molecule has 0 unspecified atom stereocenters. The molecule has 12 heavy (non-hydrogen) atoms. The molecule has 0 aliphatic rings. The molecule has 0 fully saturated rings. The highest BCUT2D eigenvalue weighted by atomic mass is 16.5. The van der Waals surface area contributed by atoms with Gasteiger partial charge in [-0.1, -0.05) is 34.1 Å². The summed E-state index contributed by atoms with van der Waals surface area (Å²) in [6.45, 7) is 8.79. The van der Waals surface area contributed by atoms with Crippen molar-refractivity contribution in [1.29, 1.82) is 0 Å². The van der Waals surface area contributed by atoms with E-state index in [4.69, 9.17) is 4.74 Å². The summed E-state index contributed by atoms with van der Waals surface area (Å²) in [5, 5.41) is 0. The number of hydrogen-bond donors (Lipinski definition) is 0. The van der Waals surface area contributed by atoms with Crippen LogP contribution in [0, 0.1) is 11.8 Å². The van der Waals surface area contributed by atoms with Crippen LogP contribution in [-0.2, 0) is 9.53 Å². The van der Waals surface area contributed by atoms with Crippen molar-refractivity contribution in [1.82, 2.24) is 0 Å². The fourth-order valence-corrected chi connectivity index (χ4v) is 0.745. The highest BCUT2D eigenvalue weighted by Crippen LogP contribution is 2.05. The van der Waals surface area contributed by atoms with Gasteiger partial charge in [0.15, 0.2) is 0 Å². The summed E-state index contributed by atoms with van der Waals surface area (Å²) in [6.07, 6.45) is 1.60. The summed E-state index contributed by atoms with van der Waals surface area (Å²) in [6, 6.07) is 0. The average molecular weight is 172 g/mol. The SMILES string of the molecule is CC[C@@H](C)COC(=O)CC(C)C. The summed E-state index contributed by atoms with van der Waals surface area (Å²) < 4.78 is 5.07. The molecule has 0 heterocycles. The fraction of sp³-hybridized carbons (Fsp3) is 0.900. The first-order chi connectivity index (χ1) is 5.56. The van der Waals surface area contributed by atoms with Crippen LogP contribution in [0.5, 0.6) is 0 Å². The Morgan fingerprint density at radius 2 is 1.92 bits per heavy atom. The Bertz CT molecular complexity index is 130. The molecule has 1 atom stereocenters. The smallest absolute Gasteiger partial charge is 0.306 e. The van der Waals surface area contributed by atoms with Gasteiger partial charge in [-0.25, -0.2) is 0 Å². The van der Waals surface area contributed by atoms with Crippen LogP contribution in [0.4, 0.5) is 0 Å². The maximum Gasteiger partial charge on any atom is 0.306 e. The molecule has 0 saturated carbocycles. The maximum absolute atomic E-state index is 11.1. The van der Waals surface area contributed by atoms with Gasteiger partial charge in [0.25, 0.3) is 0 Å². The Morgan fingerprint density at radius 3 is 2.33 bits per heavy atom. The van der Waals surface area contributed by atoms with Crippen molar-refractivity contribution >= 4 is 5.97 Å². The zero-order valence-electron chi connectivity index (χ0n) is 8.59. The van der Waals surface area contributed by atoms with Crippen LogP contribution in [0.1, 0.15) is 40.5 Å². The zero-order valence-corrected chi connectivity index (χ0v) is 8.59. The lowest BCUT2D eigenvalue weighted by atomic mass is 10.1. The van der Waals surface area contributed by atoms with Gasteiger partial charge >= 0.3 is 5.97 Å². The average Bonchev–Trinajstić information content (AvgIpc) is 1.99. The van der Waals surface area contributed by atoms with Crippen LogP contribution in [-0.4, -0.2) is 12.6 Å². The van der Waals surface area contributed by atoms with E-state index in [1.807, 2.05) is 13.8 Å². The molecule has 0 rings (SSSR count). The molecule has 2 heteroatoms. The number of hydrogen-bond acceptors (Lipinski definition) is 2. The minimum absolute atomic E-state index is 0.0645. The topological polar surface area (TPSA) is 26.3 Å². The molecule has 0 saturated heterocycles. The van der Waals surface area contributed by atoms with Gasteiger partial charge in [0.05, 0.1) is 6.61 Å². The molecule has 0 amide bonds. The fourth-order valence-electron chi connectivity index (χ4n) is 0.745. The monoisotopic (exact) mass is 172 g/mol. The Labute approximate surface area is 75.3 Å². The molecule has 0 radical (unpaired) electrons. The first kappa shape index (κ1) is 11.5. The van der Waals surface area contributed by atoms with Gasteiger partial charge in [0, 0.05) is 6.42 Å². The second-order valence-corrected chi connectivity index (χ2v) is 3.79. The normalized spacial score (nSPS) is 13.1. The van der Waals surface area contributed by atoms with Gasteiger partial charge in [-0.2, -0.15) is 0 Å². The van der Waals surface area contributed by atoms with Crippen LogP contribution < -0.4 is 0 Å². The molecule has 0 aromatic carbocycles. The van der Waals surface area contributed by atoms with Crippen molar-refractivity contribution in [2.75, 3.05) is 6.61 Å². The second-order valence-electron chi connectivity index (χ2n) is 3.79. The van der Waals surface area contributed by atoms with Crippen LogP contribution in [0.25, 0.3) is 0 Å². The van der Waals surface area contributed by atoms with Crippen LogP contribution in [0.3, 0.4) is 0 Å². The Kier molecular flexibility index (Phi) is 5.77. The lowest BCUT2D eigenvalue weighted by molar-refractivity contribution is -0.145.